The second-order valence-corrected chi connectivity index (χ2v) is 5.66. The Bertz CT molecular complexity index is 604. The van der Waals surface area contributed by atoms with Crippen LogP contribution >= 0.6 is 0 Å². The molecule has 114 valence electrons. The van der Waals surface area contributed by atoms with Crippen LogP contribution in [0.15, 0.2) is 65.7 Å². The van der Waals surface area contributed by atoms with Crippen molar-refractivity contribution >= 4 is 17.7 Å². The van der Waals surface area contributed by atoms with E-state index in [0.717, 1.165) is 17.7 Å². The Morgan fingerprint density at radius 2 is 1.64 bits per heavy atom. The highest BCUT2D eigenvalue weighted by Gasteiger charge is 2.18. The zero-order valence-corrected chi connectivity index (χ0v) is 13.3. The number of carbonyl (C=O) groups is 1. The predicted molar refractivity (Wildman–Crippen MR) is 92.9 cm³/mol. The van der Waals surface area contributed by atoms with Crippen LogP contribution in [0.4, 0.5) is 5.69 Å². The molecular formula is C20H23NO. The minimum Gasteiger partial charge on any atom is -0.294 e. The van der Waals surface area contributed by atoms with Crippen molar-refractivity contribution in [2.45, 2.75) is 26.7 Å². The van der Waals surface area contributed by atoms with Gasteiger partial charge in [-0.05, 0) is 30.4 Å². The highest BCUT2D eigenvalue weighted by molar-refractivity contribution is 5.96. The summed E-state index contributed by atoms with van der Waals surface area (Å²) in [5.41, 5.74) is 1.76. The number of para-hydroxylation sites is 1. The smallest absolute Gasteiger partial charge is 0.163 e. The van der Waals surface area contributed by atoms with Crippen LogP contribution in [-0.2, 0) is 0 Å². The molecule has 0 N–H and O–H groups in total. The van der Waals surface area contributed by atoms with Crippen molar-refractivity contribution in [1.29, 1.82) is 0 Å². The molecule has 2 aromatic rings. The number of nitrogens with zero attached hydrogens (tertiary/aromatic N) is 1. The van der Waals surface area contributed by atoms with Gasteiger partial charge in [-0.2, -0.15) is 0 Å². The lowest BCUT2D eigenvalue weighted by atomic mass is 9.87. The molecule has 0 radical (unpaired) electrons. The highest BCUT2D eigenvalue weighted by Crippen LogP contribution is 2.21. The van der Waals surface area contributed by atoms with Gasteiger partial charge in [0.25, 0.3) is 0 Å². The number of Topliss-reactive ketones (excluding diaryl/α,β-unsaturated/α-hetero) is 1. The molecule has 2 atom stereocenters. The first kappa shape index (κ1) is 16.2. The van der Waals surface area contributed by atoms with Crippen LogP contribution in [0, 0.1) is 11.8 Å². The van der Waals surface area contributed by atoms with Crippen LogP contribution in [-0.4, -0.2) is 12.0 Å². The third-order valence-electron chi connectivity index (χ3n) is 3.98. The molecule has 2 rings (SSSR count). The number of ketones is 1. The molecule has 0 spiro atoms. The number of hydrogen-bond acceptors (Lipinski definition) is 2. The van der Waals surface area contributed by atoms with Crippen LogP contribution < -0.4 is 0 Å². The van der Waals surface area contributed by atoms with E-state index < -0.39 is 0 Å². The molecule has 2 aromatic carbocycles. The fraction of sp³-hybridized carbons (Fsp3) is 0.300. The molecule has 0 bridgehead atoms. The molecule has 0 aliphatic carbocycles. The van der Waals surface area contributed by atoms with Gasteiger partial charge in [0.05, 0.1) is 5.69 Å². The molecule has 0 aliphatic heterocycles. The first-order valence-electron chi connectivity index (χ1n) is 7.88. The summed E-state index contributed by atoms with van der Waals surface area (Å²) in [4.78, 5) is 16.8. The van der Waals surface area contributed by atoms with Crippen LogP contribution in [0.25, 0.3) is 0 Å². The van der Waals surface area contributed by atoms with E-state index in [9.17, 15) is 4.79 Å². The zero-order valence-electron chi connectivity index (χ0n) is 13.3. The number of rotatable bonds is 7. The largest absolute Gasteiger partial charge is 0.294 e. The van der Waals surface area contributed by atoms with E-state index in [4.69, 9.17) is 0 Å². The summed E-state index contributed by atoms with van der Waals surface area (Å²) >= 11 is 0. The minimum absolute atomic E-state index is 0.208. The third-order valence-corrected chi connectivity index (χ3v) is 3.98. The Morgan fingerprint density at radius 3 is 2.23 bits per heavy atom. The van der Waals surface area contributed by atoms with Crippen molar-refractivity contribution in [2.24, 2.45) is 16.8 Å². The van der Waals surface area contributed by atoms with Gasteiger partial charge in [-0.15, -0.1) is 0 Å². The standard InChI is InChI=1S/C20H23NO/c1-3-17(15-21-19-12-8-5-9-13-19)16(2)14-20(22)18-10-6-4-7-11-18/h4-13,15-17H,3,14H2,1-2H3/t16-,17?/m0/s1. The summed E-state index contributed by atoms with van der Waals surface area (Å²) in [5.74, 6) is 0.803. The summed E-state index contributed by atoms with van der Waals surface area (Å²) in [7, 11) is 0. The third kappa shape index (κ3) is 4.66. The van der Waals surface area contributed by atoms with Crippen LogP contribution in [0.1, 0.15) is 37.0 Å². The van der Waals surface area contributed by atoms with E-state index in [1.54, 1.807) is 0 Å². The predicted octanol–water partition coefficient (Wildman–Crippen LogP) is 5.32. The number of benzene rings is 2. The average Bonchev–Trinajstić information content (AvgIpc) is 2.57. The quantitative estimate of drug-likeness (QED) is 0.501. The van der Waals surface area contributed by atoms with Gasteiger partial charge in [0, 0.05) is 18.2 Å². The maximum atomic E-state index is 12.3. The van der Waals surface area contributed by atoms with Gasteiger partial charge in [0.2, 0.25) is 0 Å². The van der Waals surface area contributed by atoms with E-state index in [2.05, 4.69) is 18.8 Å². The van der Waals surface area contributed by atoms with Gasteiger partial charge >= 0.3 is 0 Å². The Kier molecular flexibility index (Phi) is 6.08. The number of carbonyl (C=O) groups excluding carboxylic acids is 1. The molecule has 0 aliphatic rings. The zero-order chi connectivity index (χ0) is 15.8. The maximum Gasteiger partial charge on any atom is 0.163 e. The SMILES string of the molecule is CCC(C=Nc1ccccc1)[C@@H](C)CC(=O)c1ccccc1. The van der Waals surface area contributed by atoms with E-state index in [0.29, 0.717) is 12.3 Å². The molecule has 2 nitrogen and oxygen atoms in total. The minimum atomic E-state index is 0.208. The lowest BCUT2D eigenvalue weighted by Crippen LogP contribution is -2.16. The lowest BCUT2D eigenvalue weighted by molar-refractivity contribution is 0.0957. The topological polar surface area (TPSA) is 29.4 Å². The van der Waals surface area contributed by atoms with Crippen LogP contribution in [0.3, 0.4) is 0 Å². The number of hydrogen-bond donors (Lipinski definition) is 0. The van der Waals surface area contributed by atoms with Crippen molar-refractivity contribution in [2.75, 3.05) is 0 Å². The normalized spacial score (nSPS) is 13.9. The Morgan fingerprint density at radius 1 is 1.05 bits per heavy atom. The second-order valence-electron chi connectivity index (χ2n) is 5.66. The van der Waals surface area contributed by atoms with Crippen LogP contribution in [0.2, 0.25) is 0 Å². The summed E-state index contributed by atoms with van der Waals surface area (Å²) in [6, 6.07) is 19.4. The van der Waals surface area contributed by atoms with E-state index in [1.807, 2.05) is 66.9 Å². The highest BCUT2D eigenvalue weighted by atomic mass is 16.1. The maximum absolute atomic E-state index is 12.3. The van der Waals surface area contributed by atoms with E-state index >= 15 is 0 Å². The number of aliphatic imine (C=N–C) groups is 1. The second kappa shape index (κ2) is 8.28. The Balaban J connectivity index is 1.98. The first-order chi connectivity index (χ1) is 10.7. The lowest BCUT2D eigenvalue weighted by Gasteiger charge is -2.18. The molecule has 0 fully saturated rings. The van der Waals surface area contributed by atoms with Crippen molar-refractivity contribution in [1.82, 2.24) is 0 Å². The average molecular weight is 293 g/mol. The molecule has 0 aromatic heterocycles. The molecule has 0 saturated carbocycles. The van der Waals surface area contributed by atoms with Gasteiger partial charge in [0.1, 0.15) is 0 Å². The van der Waals surface area contributed by atoms with Crippen molar-refractivity contribution in [3.05, 3.63) is 66.2 Å². The molecule has 0 amide bonds. The fourth-order valence-corrected chi connectivity index (χ4v) is 2.54. The van der Waals surface area contributed by atoms with Gasteiger partial charge in [-0.3, -0.25) is 9.79 Å². The molecular weight excluding hydrogens is 270 g/mol. The monoisotopic (exact) mass is 293 g/mol. The van der Waals surface area contributed by atoms with Gasteiger partial charge in [-0.25, -0.2) is 0 Å². The van der Waals surface area contributed by atoms with E-state index in [1.165, 1.54) is 0 Å². The fourth-order valence-electron chi connectivity index (χ4n) is 2.54. The van der Waals surface area contributed by atoms with Crippen LogP contribution in [0.5, 0.6) is 0 Å². The van der Waals surface area contributed by atoms with E-state index in [-0.39, 0.29) is 11.7 Å². The summed E-state index contributed by atoms with van der Waals surface area (Å²) in [5, 5.41) is 0. The molecule has 0 heterocycles. The van der Waals surface area contributed by atoms with Gasteiger partial charge in [-0.1, -0.05) is 62.4 Å². The summed E-state index contributed by atoms with van der Waals surface area (Å²) in [6.07, 6.45) is 3.54. The van der Waals surface area contributed by atoms with Crippen molar-refractivity contribution in [3.63, 3.8) is 0 Å². The van der Waals surface area contributed by atoms with Crippen molar-refractivity contribution < 1.29 is 4.79 Å². The van der Waals surface area contributed by atoms with Gasteiger partial charge in [0.15, 0.2) is 5.78 Å². The summed E-state index contributed by atoms with van der Waals surface area (Å²) < 4.78 is 0. The Hall–Kier alpha value is -2.22. The van der Waals surface area contributed by atoms with Gasteiger partial charge < -0.3 is 0 Å². The molecule has 22 heavy (non-hydrogen) atoms. The first-order valence-corrected chi connectivity index (χ1v) is 7.88. The molecule has 1 unspecified atom stereocenters. The molecule has 0 saturated heterocycles. The molecule has 2 heteroatoms. The summed E-state index contributed by atoms with van der Waals surface area (Å²) in [6.45, 7) is 4.27. The van der Waals surface area contributed by atoms with Crippen molar-refractivity contribution in [3.8, 4) is 0 Å². The Labute approximate surface area is 132 Å².